The van der Waals surface area contributed by atoms with Crippen LogP contribution >= 0.6 is 0 Å². The third kappa shape index (κ3) is 1.96. The summed E-state index contributed by atoms with van der Waals surface area (Å²) in [5, 5.41) is 22.1. The van der Waals surface area contributed by atoms with Gasteiger partial charge in [0.15, 0.2) is 17.8 Å². The van der Waals surface area contributed by atoms with Crippen LogP contribution in [0.3, 0.4) is 0 Å². The van der Waals surface area contributed by atoms with E-state index < -0.39 is 6.29 Å². The fourth-order valence-corrected chi connectivity index (χ4v) is 7.23. The summed E-state index contributed by atoms with van der Waals surface area (Å²) < 4.78 is 11.1. The average Bonchev–Trinajstić information content (AvgIpc) is 3.17. The molecular formula is C22H26N2O5. The molecule has 154 valence electrons. The molecular weight excluding hydrogens is 372 g/mol. The Morgan fingerprint density at radius 2 is 2.21 bits per heavy atom. The van der Waals surface area contributed by atoms with Gasteiger partial charge in [-0.2, -0.15) is 0 Å². The molecule has 5 aliphatic rings. The predicted octanol–water partition coefficient (Wildman–Crippen LogP) is 1.37. The maximum atomic E-state index is 13.0. The van der Waals surface area contributed by atoms with Crippen LogP contribution < -0.4 is 9.64 Å². The van der Waals surface area contributed by atoms with E-state index >= 15 is 0 Å². The quantitative estimate of drug-likeness (QED) is 0.696. The van der Waals surface area contributed by atoms with Gasteiger partial charge in [0, 0.05) is 30.8 Å². The molecule has 1 aromatic carbocycles. The van der Waals surface area contributed by atoms with Crippen LogP contribution in [-0.2, 0) is 14.9 Å². The van der Waals surface area contributed by atoms with E-state index in [0.29, 0.717) is 18.0 Å². The van der Waals surface area contributed by atoms with Gasteiger partial charge in [0.1, 0.15) is 0 Å². The molecule has 6 atom stereocenters. The zero-order valence-electron chi connectivity index (χ0n) is 16.7. The third-order valence-corrected chi connectivity index (χ3v) is 8.18. The maximum absolute atomic E-state index is 13.0. The van der Waals surface area contributed by atoms with Gasteiger partial charge in [-0.15, -0.1) is 0 Å². The summed E-state index contributed by atoms with van der Waals surface area (Å²) in [6.45, 7) is 3.79. The highest BCUT2D eigenvalue weighted by Crippen LogP contribution is 2.66. The van der Waals surface area contributed by atoms with Crippen molar-refractivity contribution in [3.05, 3.63) is 29.3 Å². The zero-order chi connectivity index (χ0) is 20.1. The number of anilines is 1. The van der Waals surface area contributed by atoms with Crippen LogP contribution in [0.4, 0.5) is 5.69 Å². The average molecular weight is 398 g/mol. The molecule has 29 heavy (non-hydrogen) atoms. The minimum absolute atomic E-state index is 0.0109. The van der Waals surface area contributed by atoms with Gasteiger partial charge in [0.2, 0.25) is 5.91 Å². The first-order valence-electron chi connectivity index (χ1n) is 10.4. The number of fused-ring (bicyclic) bond motifs is 2. The Morgan fingerprint density at radius 3 is 2.97 bits per heavy atom. The number of amides is 1. The van der Waals surface area contributed by atoms with Crippen LogP contribution in [0.15, 0.2) is 23.8 Å². The number of aliphatic hydroxyl groups excluding tert-OH is 1. The number of carbonyl (C=O) groups is 1. The first kappa shape index (κ1) is 17.7. The molecule has 2 N–H and O–H groups in total. The van der Waals surface area contributed by atoms with Crippen LogP contribution in [0.25, 0.3) is 0 Å². The number of carbonyl (C=O) groups excluding carboxylic acids is 1. The number of piperidine rings is 1. The summed E-state index contributed by atoms with van der Waals surface area (Å²) in [6.07, 6.45) is 3.03. The summed E-state index contributed by atoms with van der Waals surface area (Å²) in [5.41, 5.74) is 2.56. The second-order valence-electron chi connectivity index (χ2n) is 9.05. The fourth-order valence-electron chi connectivity index (χ4n) is 7.23. The SMILES string of the molecule is COc1ccc2c(c1O)N(C(C)=O)C1C3[C@@H](O)OCC=C4CN5CC[C@]21[C@@H]5C[C@@H]43. The Hall–Kier alpha value is -2.09. The summed E-state index contributed by atoms with van der Waals surface area (Å²) >= 11 is 0. The van der Waals surface area contributed by atoms with Crippen molar-refractivity contribution in [3.8, 4) is 11.5 Å². The van der Waals surface area contributed by atoms with Crippen LogP contribution in [0.2, 0.25) is 0 Å². The first-order valence-corrected chi connectivity index (χ1v) is 10.4. The van der Waals surface area contributed by atoms with Crippen molar-refractivity contribution in [2.24, 2.45) is 11.8 Å². The largest absolute Gasteiger partial charge is 0.503 e. The Labute approximate surface area is 169 Å². The van der Waals surface area contributed by atoms with Gasteiger partial charge in [-0.3, -0.25) is 9.69 Å². The Morgan fingerprint density at radius 1 is 1.38 bits per heavy atom. The lowest BCUT2D eigenvalue weighted by molar-refractivity contribution is -0.156. The normalized spacial score (nSPS) is 39.5. The first-order chi connectivity index (χ1) is 14.0. The monoisotopic (exact) mass is 398 g/mol. The minimum Gasteiger partial charge on any atom is -0.503 e. The third-order valence-electron chi connectivity index (χ3n) is 8.18. The van der Waals surface area contributed by atoms with Gasteiger partial charge in [-0.1, -0.05) is 17.7 Å². The van der Waals surface area contributed by atoms with Crippen molar-refractivity contribution in [1.29, 1.82) is 0 Å². The zero-order valence-corrected chi connectivity index (χ0v) is 16.7. The Balaban J connectivity index is 1.65. The minimum atomic E-state index is -0.941. The molecule has 7 heteroatoms. The summed E-state index contributed by atoms with van der Waals surface area (Å²) in [7, 11) is 1.52. The molecule has 0 aromatic heterocycles. The predicted molar refractivity (Wildman–Crippen MR) is 105 cm³/mol. The van der Waals surface area contributed by atoms with Crippen LogP contribution in [0.5, 0.6) is 11.5 Å². The molecule has 3 fully saturated rings. The highest BCUT2D eigenvalue weighted by atomic mass is 16.6. The van der Waals surface area contributed by atoms with Gasteiger partial charge in [0.25, 0.3) is 0 Å². The van der Waals surface area contributed by atoms with E-state index in [2.05, 4.69) is 11.0 Å². The standard InChI is InChI=1S/C22H26N2O5/c1-11(25)24-18-14(3-4-15(28-2)19(18)26)22-6-7-23-10-12-5-8-29-21(27)17(20(22)24)13(12)9-16(22)23/h3-5,13,16-17,20-21,26-27H,6-10H2,1-2H3/t13-,16-,17?,20?,21-,22+/m0/s1. The molecule has 1 amide bonds. The number of phenols is 1. The lowest BCUT2D eigenvalue weighted by atomic mass is 9.55. The number of aliphatic hydroxyl groups is 1. The molecule has 7 nitrogen and oxygen atoms in total. The van der Waals surface area contributed by atoms with E-state index in [1.807, 2.05) is 6.07 Å². The van der Waals surface area contributed by atoms with Gasteiger partial charge < -0.3 is 24.6 Å². The second kappa shape index (κ2) is 5.74. The molecule has 2 unspecified atom stereocenters. The van der Waals surface area contributed by atoms with E-state index in [9.17, 15) is 15.0 Å². The number of hydrogen-bond donors (Lipinski definition) is 2. The fraction of sp³-hybridized carbons (Fsp3) is 0.591. The molecule has 1 aliphatic carbocycles. The van der Waals surface area contributed by atoms with E-state index in [0.717, 1.165) is 31.5 Å². The number of rotatable bonds is 1. The van der Waals surface area contributed by atoms with E-state index in [4.69, 9.17) is 9.47 Å². The van der Waals surface area contributed by atoms with Crippen molar-refractivity contribution < 1.29 is 24.5 Å². The number of hydrogen-bond acceptors (Lipinski definition) is 6. The molecule has 1 saturated carbocycles. The van der Waals surface area contributed by atoms with E-state index in [1.54, 1.807) is 17.9 Å². The number of nitrogens with zero attached hydrogens (tertiary/aromatic N) is 2. The van der Waals surface area contributed by atoms with Crippen molar-refractivity contribution in [1.82, 2.24) is 4.90 Å². The van der Waals surface area contributed by atoms with Gasteiger partial charge in [-0.25, -0.2) is 0 Å². The van der Waals surface area contributed by atoms with Crippen molar-refractivity contribution in [2.45, 2.75) is 43.6 Å². The molecule has 1 spiro atoms. The van der Waals surface area contributed by atoms with Crippen molar-refractivity contribution >= 4 is 11.6 Å². The highest BCUT2D eigenvalue weighted by Gasteiger charge is 2.69. The molecule has 2 saturated heterocycles. The molecule has 2 bridgehead atoms. The highest BCUT2D eigenvalue weighted by molar-refractivity contribution is 5.99. The maximum Gasteiger partial charge on any atom is 0.224 e. The number of aromatic hydroxyl groups is 1. The van der Waals surface area contributed by atoms with Crippen molar-refractivity contribution in [2.75, 3.05) is 31.7 Å². The summed E-state index contributed by atoms with van der Waals surface area (Å²) in [4.78, 5) is 17.2. The molecule has 1 aromatic rings. The molecule has 6 rings (SSSR count). The molecule has 0 radical (unpaired) electrons. The molecule has 4 aliphatic heterocycles. The van der Waals surface area contributed by atoms with Crippen LogP contribution in [0, 0.1) is 11.8 Å². The van der Waals surface area contributed by atoms with Crippen LogP contribution in [-0.4, -0.2) is 66.2 Å². The van der Waals surface area contributed by atoms with Crippen LogP contribution in [0.1, 0.15) is 25.3 Å². The summed E-state index contributed by atoms with van der Waals surface area (Å²) in [5.74, 6) is 0.210. The Kier molecular flexibility index (Phi) is 3.51. The number of ether oxygens (including phenoxy) is 2. The molecule has 4 heterocycles. The number of methoxy groups -OCH3 is 1. The second-order valence-corrected chi connectivity index (χ2v) is 9.05. The smallest absolute Gasteiger partial charge is 0.224 e. The van der Waals surface area contributed by atoms with E-state index in [1.165, 1.54) is 12.7 Å². The van der Waals surface area contributed by atoms with Gasteiger partial charge >= 0.3 is 0 Å². The summed E-state index contributed by atoms with van der Waals surface area (Å²) in [6, 6.07) is 3.85. The number of benzene rings is 1. The van der Waals surface area contributed by atoms with Crippen molar-refractivity contribution in [3.63, 3.8) is 0 Å². The van der Waals surface area contributed by atoms with Gasteiger partial charge in [-0.05, 0) is 36.9 Å². The van der Waals surface area contributed by atoms with Gasteiger partial charge in [0.05, 0.1) is 25.4 Å². The number of phenolic OH excluding ortho intramolecular Hbond substituents is 1. The lowest BCUT2D eigenvalue weighted by Gasteiger charge is -2.56. The topological polar surface area (TPSA) is 82.5 Å². The Bertz CT molecular complexity index is 945. The lowest BCUT2D eigenvalue weighted by Crippen LogP contribution is -2.66. The van der Waals surface area contributed by atoms with E-state index in [-0.39, 0.29) is 41.0 Å².